The fourth-order valence-electron chi connectivity index (χ4n) is 4.37. The Bertz CT molecular complexity index is 1230. The zero-order valence-electron chi connectivity index (χ0n) is 16.7. The highest BCUT2D eigenvalue weighted by Gasteiger charge is 2.38. The number of aromatic nitrogens is 3. The van der Waals surface area contributed by atoms with E-state index >= 15 is 0 Å². The summed E-state index contributed by atoms with van der Waals surface area (Å²) in [6.07, 6.45) is 1.17. The number of anilines is 1. The minimum absolute atomic E-state index is 0.0621. The van der Waals surface area contributed by atoms with Gasteiger partial charge in [-0.25, -0.2) is 22.7 Å². The van der Waals surface area contributed by atoms with Gasteiger partial charge in [0.25, 0.3) is 12.3 Å². The van der Waals surface area contributed by atoms with Crippen LogP contribution in [-0.2, 0) is 6.54 Å². The second-order valence-electron chi connectivity index (χ2n) is 8.23. The van der Waals surface area contributed by atoms with Crippen molar-refractivity contribution < 1.29 is 27.4 Å². The maximum Gasteiger partial charge on any atom is 0.261 e. The van der Waals surface area contributed by atoms with Gasteiger partial charge in [-0.1, -0.05) is 0 Å². The summed E-state index contributed by atoms with van der Waals surface area (Å²) in [5, 5.41) is 7.10. The Labute approximate surface area is 179 Å². The molecule has 32 heavy (non-hydrogen) atoms. The number of nitrogens with one attached hydrogen (secondary N) is 1. The van der Waals surface area contributed by atoms with E-state index in [2.05, 4.69) is 15.4 Å². The Balaban J connectivity index is 1.54. The number of halogens is 3. The summed E-state index contributed by atoms with van der Waals surface area (Å²) in [6, 6.07) is 2.69. The van der Waals surface area contributed by atoms with Crippen molar-refractivity contribution in [2.75, 3.05) is 11.5 Å². The van der Waals surface area contributed by atoms with Gasteiger partial charge in [0.1, 0.15) is 35.9 Å². The van der Waals surface area contributed by atoms with Gasteiger partial charge in [-0.3, -0.25) is 4.79 Å². The minimum atomic E-state index is -2.74. The Hall–Kier alpha value is -3.50. The Morgan fingerprint density at radius 1 is 1.22 bits per heavy atom. The van der Waals surface area contributed by atoms with Crippen molar-refractivity contribution in [2.24, 2.45) is 0 Å². The second-order valence-corrected chi connectivity index (χ2v) is 8.23. The van der Waals surface area contributed by atoms with Gasteiger partial charge in [0.2, 0.25) is 0 Å². The highest BCUT2D eigenvalue weighted by molar-refractivity contribution is 6.00. The van der Waals surface area contributed by atoms with Crippen LogP contribution in [0.1, 0.15) is 28.8 Å². The summed E-state index contributed by atoms with van der Waals surface area (Å²) in [5.74, 6) is -0.0235. The zero-order valence-corrected chi connectivity index (χ0v) is 16.7. The number of rotatable bonds is 1. The maximum atomic E-state index is 14.1. The first kappa shape index (κ1) is 19.2. The zero-order chi connectivity index (χ0) is 22.0. The Morgan fingerprint density at radius 3 is 2.88 bits per heavy atom. The maximum absolute atomic E-state index is 14.1. The van der Waals surface area contributed by atoms with Crippen molar-refractivity contribution in [3.8, 4) is 11.5 Å². The van der Waals surface area contributed by atoms with Crippen LogP contribution in [0.2, 0.25) is 0 Å². The monoisotopic (exact) mass is 445 g/mol. The molecule has 0 unspecified atom stereocenters. The molecule has 0 radical (unpaired) electrons. The highest BCUT2D eigenvalue weighted by Crippen LogP contribution is 2.38. The summed E-state index contributed by atoms with van der Waals surface area (Å²) in [4.78, 5) is 18.7. The van der Waals surface area contributed by atoms with Crippen molar-refractivity contribution in [1.29, 1.82) is 0 Å². The third-order valence-electron chi connectivity index (χ3n) is 6.15. The molecule has 3 aliphatic heterocycles. The SMILES string of the molecule is O=C1N[C@H]2C[C@H](C2)Oc2ccc(F)cc2CN2c3nc4c1cnn4cc3OC[C@H]2C(F)F. The predicted molar refractivity (Wildman–Crippen MR) is 106 cm³/mol. The van der Waals surface area contributed by atoms with E-state index in [1.54, 1.807) is 0 Å². The van der Waals surface area contributed by atoms with E-state index in [1.165, 1.54) is 40.0 Å². The van der Waals surface area contributed by atoms with Crippen LogP contribution in [0.4, 0.5) is 19.0 Å². The molecular formula is C21H18F3N5O3. The molecule has 8 nitrogen and oxygen atoms in total. The number of benzene rings is 1. The van der Waals surface area contributed by atoms with Crippen LogP contribution in [0.25, 0.3) is 5.65 Å². The molecule has 11 heteroatoms. The average Bonchev–Trinajstić information content (AvgIpc) is 3.14. The molecule has 1 saturated carbocycles. The number of ether oxygens (including phenoxy) is 2. The third-order valence-corrected chi connectivity index (χ3v) is 6.15. The van der Waals surface area contributed by atoms with Crippen molar-refractivity contribution >= 4 is 17.4 Å². The molecule has 1 aromatic carbocycles. The smallest absolute Gasteiger partial charge is 0.261 e. The predicted octanol–water partition coefficient (Wildman–Crippen LogP) is 2.55. The molecule has 1 aliphatic carbocycles. The van der Waals surface area contributed by atoms with Crippen molar-refractivity contribution in [3.05, 3.63) is 47.5 Å². The number of carbonyl (C=O) groups excluding carboxylic acids is 1. The molecule has 1 fully saturated rings. The summed E-state index contributed by atoms with van der Waals surface area (Å²) in [5.41, 5.74) is 0.900. The van der Waals surface area contributed by atoms with E-state index < -0.39 is 18.3 Å². The second kappa shape index (κ2) is 7.01. The summed E-state index contributed by atoms with van der Waals surface area (Å²) < 4.78 is 55.0. The standard InChI is InChI=1S/C21H18F3N5O3/c22-11-1-2-16-10(3-11)7-28-15(18(23)24)9-31-17-8-29-19(27-20(17)28)14(6-25-29)21(30)26-12-4-13(5-12)32-16/h1-3,6,8,12-13,15,18H,4-5,7,9H2,(H,26,30)/t12-,13+,15-/m0/s1. The largest absolute Gasteiger partial charge is 0.490 e. The number of amides is 1. The van der Waals surface area contributed by atoms with Crippen LogP contribution < -0.4 is 19.7 Å². The van der Waals surface area contributed by atoms with Crippen LogP contribution in [0.15, 0.2) is 30.6 Å². The van der Waals surface area contributed by atoms with Crippen LogP contribution in [0, 0.1) is 5.82 Å². The molecule has 0 spiro atoms. The molecule has 3 aromatic rings. The Morgan fingerprint density at radius 2 is 2.06 bits per heavy atom. The molecule has 0 saturated heterocycles. The highest BCUT2D eigenvalue weighted by atomic mass is 19.3. The first-order chi connectivity index (χ1) is 15.5. The number of nitrogens with zero attached hydrogens (tertiary/aromatic N) is 4. The quantitative estimate of drug-likeness (QED) is 0.620. The number of carbonyl (C=O) groups is 1. The first-order valence-electron chi connectivity index (χ1n) is 10.3. The number of alkyl halides is 2. The van der Waals surface area contributed by atoms with E-state index in [4.69, 9.17) is 9.47 Å². The lowest BCUT2D eigenvalue weighted by Gasteiger charge is -2.39. The third kappa shape index (κ3) is 3.02. The van der Waals surface area contributed by atoms with Gasteiger partial charge in [-0.15, -0.1) is 0 Å². The molecule has 1 amide bonds. The summed E-state index contributed by atoms with van der Waals surface area (Å²) >= 11 is 0. The normalized spacial score (nSPS) is 24.3. The fraction of sp³-hybridized carbons (Fsp3) is 0.381. The van der Waals surface area contributed by atoms with Gasteiger partial charge in [-0.05, 0) is 18.2 Å². The van der Waals surface area contributed by atoms with E-state index in [-0.39, 0.29) is 54.0 Å². The average molecular weight is 445 g/mol. The van der Waals surface area contributed by atoms with Gasteiger partial charge in [-0.2, -0.15) is 5.10 Å². The van der Waals surface area contributed by atoms with Crippen LogP contribution in [0.5, 0.6) is 11.5 Å². The molecule has 7 rings (SSSR count). The summed E-state index contributed by atoms with van der Waals surface area (Å²) in [7, 11) is 0. The molecule has 2 aromatic heterocycles. The Kier molecular flexibility index (Phi) is 4.21. The van der Waals surface area contributed by atoms with Gasteiger partial charge in [0.05, 0.1) is 12.4 Å². The molecule has 166 valence electrons. The van der Waals surface area contributed by atoms with Gasteiger partial charge in [0, 0.05) is 31.0 Å². The molecular weight excluding hydrogens is 427 g/mol. The molecule has 4 bridgehead atoms. The lowest BCUT2D eigenvalue weighted by Crippen LogP contribution is -2.49. The van der Waals surface area contributed by atoms with Crippen LogP contribution in [0.3, 0.4) is 0 Å². The minimum Gasteiger partial charge on any atom is -0.490 e. The van der Waals surface area contributed by atoms with E-state index in [0.29, 0.717) is 24.2 Å². The van der Waals surface area contributed by atoms with Gasteiger partial charge < -0.3 is 19.7 Å². The lowest BCUT2D eigenvalue weighted by atomic mass is 9.89. The molecule has 4 aliphatic rings. The first-order valence-corrected chi connectivity index (χ1v) is 10.3. The fourth-order valence-corrected chi connectivity index (χ4v) is 4.37. The van der Waals surface area contributed by atoms with Crippen molar-refractivity contribution in [2.45, 2.75) is 44.0 Å². The molecule has 1 N–H and O–H groups in total. The van der Waals surface area contributed by atoms with Crippen LogP contribution >= 0.6 is 0 Å². The van der Waals surface area contributed by atoms with Gasteiger partial charge in [0.15, 0.2) is 17.2 Å². The van der Waals surface area contributed by atoms with E-state index in [9.17, 15) is 18.0 Å². The van der Waals surface area contributed by atoms with Gasteiger partial charge >= 0.3 is 0 Å². The molecule has 5 heterocycles. The lowest BCUT2D eigenvalue weighted by molar-refractivity contribution is 0.0680. The van der Waals surface area contributed by atoms with Crippen molar-refractivity contribution in [1.82, 2.24) is 19.9 Å². The summed E-state index contributed by atoms with van der Waals surface area (Å²) in [6.45, 7) is -0.338. The topological polar surface area (TPSA) is 81.0 Å². The van der Waals surface area contributed by atoms with E-state index in [1.807, 2.05) is 0 Å². The number of fused-ring (bicyclic) bond motifs is 1. The molecule has 1 atom stereocenters. The van der Waals surface area contributed by atoms with Crippen molar-refractivity contribution in [3.63, 3.8) is 0 Å². The van der Waals surface area contributed by atoms with E-state index in [0.717, 1.165) is 0 Å². The number of hydrogen-bond donors (Lipinski definition) is 1. The number of hydrogen-bond acceptors (Lipinski definition) is 6. The van der Waals surface area contributed by atoms with Crippen LogP contribution in [-0.4, -0.2) is 51.7 Å².